The maximum Gasteiger partial charge on any atom is 0.219 e. The Morgan fingerprint density at radius 3 is 2.78 bits per heavy atom. The average molecular weight is 316 g/mol. The molecule has 0 aromatic carbocycles. The summed E-state index contributed by atoms with van der Waals surface area (Å²) < 4.78 is 0. The second-order valence-corrected chi connectivity index (χ2v) is 7.09. The summed E-state index contributed by atoms with van der Waals surface area (Å²) >= 11 is 0. The molecule has 1 atom stereocenters. The normalized spacial score (nSPS) is 21.4. The molecule has 1 aliphatic carbocycles. The Labute approximate surface area is 139 Å². The Bertz CT molecular complexity index is 556. The number of carbonyl (C=O) groups excluding carboxylic acids is 1. The number of hydrogen-bond acceptors (Lipinski definition) is 4. The summed E-state index contributed by atoms with van der Waals surface area (Å²) in [6.07, 6.45) is 6.68. The molecule has 5 nitrogen and oxygen atoms in total. The molecule has 1 amide bonds. The molecular weight excluding hydrogens is 288 g/mol. The van der Waals surface area contributed by atoms with Crippen LogP contribution in [0.4, 0.5) is 5.82 Å². The van der Waals surface area contributed by atoms with Crippen LogP contribution in [0.2, 0.25) is 0 Å². The topological polar surface area (TPSA) is 39.7 Å². The molecule has 2 fully saturated rings. The molecule has 1 aliphatic heterocycles. The third-order valence-corrected chi connectivity index (χ3v) is 4.95. The van der Waals surface area contributed by atoms with Gasteiger partial charge in [0.05, 0.1) is 0 Å². The minimum Gasteiger partial charge on any atom is -0.363 e. The van der Waals surface area contributed by atoms with Gasteiger partial charge in [0.15, 0.2) is 0 Å². The Hall–Kier alpha value is -1.62. The highest BCUT2D eigenvalue weighted by atomic mass is 16.2. The third kappa shape index (κ3) is 4.02. The van der Waals surface area contributed by atoms with Gasteiger partial charge < -0.3 is 9.80 Å². The first-order valence-corrected chi connectivity index (χ1v) is 8.68. The number of pyridine rings is 1. The standard InChI is InChI=1S/C18H28N4O/c1-14(23)22(16-6-7-16)13-17-5-4-10-21(17)12-15-8-9-19-18(11-15)20(2)3/h8-9,11,16-17H,4-7,10,12-13H2,1-3H3. The largest absolute Gasteiger partial charge is 0.363 e. The molecule has 0 N–H and O–H groups in total. The van der Waals surface area contributed by atoms with Crippen molar-refractivity contribution in [1.29, 1.82) is 0 Å². The number of likely N-dealkylation sites (tertiary alicyclic amines) is 1. The zero-order valence-corrected chi connectivity index (χ0v) is 14.5. The zero-order chi connectivity index (χ0) is 16.4. The van der Waals surface area contributed by atoms with Gasteiger partial charge in [0.2, 0.25) is 5.91 Å². The van der Waals surface area contributed by atoms with E-state index in [1.807, 2.05) is 25.2 Å². The van der Waals surface area contributed by atoms with E-state index in [9.17, 15) is 4.79 Å². The first-order chi connectivity index (χ1) is 11.0. The van der Waals surface area contributed by atoms with Crippen molar-refractivity contribution in [3.8, 4) is 0 Å². The van der Waals surface area contributed by atoms with Crippen molar-refractivity contribution >= 4 is 11.7 Å². The van der Waals surface area contributed by atoms with E-state index in [0.717, 1.165) is 25.5 Å². The van der Waals surface area contributed by atoms with E-state index >= 15 is 0 Å². The molecule has 126 valence electrons. The lowest BCUT2D eigenvalue weighted by Crippen LogP contribution is -2.43. The molecule has 1 unspecified atom stereocenters. The van der Waals surface area contributed by atoms with Crippen LogP contribution in [0.3, 0.4) is 0 Å². The van der Waals surface area contributed by atoms with E-state index in [2.05, 4.69) is 26.9 Å². The first-order valence-electron chi connectivity index (χ1n) is 8.68. The van der Waals surface area contributed by atoms with E-state index in [0.29, 0.717) is 12.1 Å². The smallest absolute Gasteiger partial charge is 0.219 e. The highest BCUT2D eigenvalue weighted by Gasteiger charge is 2.35. The second-order valence-electron chi connectivity index (χ2n) is 7.09. The summed E-state index contributed by atoms with van der Waals surface area (Å²) in [4.78, 5) is 23.0. The van der Waals surface area contributed by atoms with Crippen LogP contribution in [0.5, 0.6) is 0 Å². The molecule has 2 aliphatic rings. The fourth-order valence-corrected chi connectivity index (χ4v) is 3.50. The van der Waals surface area contributed by atoms with Gasteiger partial charge in [-0.1, -0.05) is 0 Å². The molecule has 23 heavy (non-hydrogen) atoms. The molecule has 2 heterocycles. The summed E-state index contributed by atoms with van der Waals surface area (Å²) in [6.45, 7) is 4.68. The summed E-state index contributed by atoms with van der Waals surface area (Å²) in [7, 11) is 4.04. The van der Waals surface area contributed by atoms with Crippen molar-refractivity contribution in [2.24, 2.45) is 0 Å². The number of carbonyl (C=O) groups is 1. The Morgan fingerprint density at radius 2 is 2.13 bits per heavy atom. The molecule has 1 saturated heterocycles. The van der Waals surface area contributed by atoms with E-state index in [1.54, 1.807) is 6.92 Å². The molecule has 0 spiro atoms. The van der Waals surface area contributed by atoms with E-state index in [4.69, 9.17) is 0 Å². The molecule has 0 bridgehead atoms. The van der Waals surface area contributed by atoms with Gasteiger partial charge in [-0.15, -0.1) is 0 Å². The first kappa shape index (κ1) is 16.2. The predicted molar refractivity (Wildman–Crippen MR) is 92.4 cm³/mol. The van der Waals surface area contributed by atoms with Crippen LogP contribution in [0, 0.1) is 0 Å². The van der Waals surface area contributed by atoms with Gasteiger partial charge >= 0.3 is 0 Å². The van der Waals surface area contributed by atoms with Crippen LogP contribution in [0.15, 0.2) is 18.3 Å². The molecule has 5 heteroatoms. The van der Waals surface area contributed by atoms with Crippen LogP contribution in [-0.4, -0.2) is 60.0 Å². The lowest BCUT2D eigenvalue weighted by Gasteiger charge is -2.30. The fraction of sp³-hybridized carbons (Fsp3) is 0.667. The lowest BCUT2D eigenvalue weighted by atomic mass is 10.1. The van der Waals surface area contributed by atoms with Crippen molar-refractivity contribution in [3.05, 3.63) is 23.9 Å². The van der Waals surface area contributed by atoms with Gasteiger partial charge in [-0.3, -0.25) is 9.69 Å². The highest BCUT2D eigenvalue weighted by Crippen LogP contribution is 2.29. The van der Waals surface area contributed by atoms with Crippen LogP contribution in [-0.2, 0) is 11.3 Å². The Morgan fingerprint density at radius 1 is 1.35 bits per heavy atom. The van der Waals surface area contributed by atoms with E-state index in [-0.39, 0.29) is 5.91 Å². The van der Waals surface area contributed by atoms with Crippen molar-refractivity contribution in [3.63, 3.8) is 0 Å². The second kappa shape index (κ2) is 6.87. The molecular formula is C18H28N4O. The fourth-order valence-electron chi connectivity index (χ4n) is 3.50. The summed E-state index contributed by atoms with van der Waals surface area (Å²) in [5.41, 5.74) is 1.30. The van der Waals surface area contributed by atoms with E-state index in [1.165, 1.54) is 31.2 Å². The number of nitrogens with zero attached hydrogens (tertiary/aromatic N) is 4. The van der Waals surface area contributed by atoms with Gasteiger partial charge in [0.25, 0.3) is 0 Å². The number of aromatic nitrogens is 1. The van der Waals surface area contributed by atoms with Crippen molar-refractivity contribution in [1.82, 2.24) is 14.8 Å². The third-order valence-electron chi connectivity index (χ3n) is 4.95. The Kier molecular flexibility index (Phi) is 4.85. The average Bonchev–Trinajstić information content (AvgIpc) is 3.26. The maximum absolute atomic E-state index is 11.9. The molecule has 1 aromatic heterocycles. The summed E-state index contributed by atoms with van der Waals surface area (Å²) in [6, 6.07) is 5.28. The Balaban J connectivity index is 1.64. The summed E-state index contributed by atoms with van der Waals surface area (Å²) in [5.74, 6) is 1.24. The van der Waals surface area contributed by atoms with Crippen LogP contribution in [0.1, 0.15) is 38.2 Å². The summed E-state index contributed by atoms with van der Waals surface area (Å²) in [5, 5.41) is 0. The quantitative estimate of drug-likeness (QED) is 0.806. The molecule has 0 radical (unpaired) electrons. The lowest BCUT2D eigenvalue weighted by molar-refractivity contribution is -0.130. The monoisotopic (exact) mass is 316 g/mol. The predicted octanol–water partition coefficient (Wildman–Crippen LogP) is 2.12. The minimum atomic E-state index is 0.234. The number of hydrogen-bond donors (Lipinski definition) is 0. The molecule has 3 rings (SSSR count). The van der Waals surface area contributed by atoms with Gasteiger partial charge in [0.1, 0.15) is 5.82 Å². The minimum absolute atomic E-state index is 0.234. The van der Waals surface area contributed by atoms with Gasteiger partial charge in [-0.2, -0.15) is 0 Å². The maximum atomic E-state index is 11.9. The van der Waals surface area contributed by atoms with Crippen LogP contribution >= 0.6 is 0 Å². The van der Waals surface area contributed by atoms with Crippen LogP contribution < -0.4 is 4.90 Å². The molecule has 1 saturated carbocycles. The molecule has 1 aromatic rings. The SMILES string of the molecule is CC(=O)N(CC1CCCN1Cc1ccnc(N(C)C)c1)C1CC1. The van der Waals surface area contributed by atoms with Gasteiger partial charge in [-0.05, 0) is 49.9 Å². The van der Waals surface area contributed by atoms with Crippen molar-refractivity contribution in [2.45, 2.75) is 51.2 Å². The van der Waals surface area contributed by atoms with Crippen molar-refractivity contribution < 1.29 is 4.79 Å². The highest BCUT2D eigenvalue weighted by molar-refractivity contribution is 5.74. The number of rotatable bonds is 6. The van der Waals surface area contributed by atoms with E-state index < -0.39 is 0 Å². The zero-order valence-electron chi connectivity index (χ0n) is 14.5. The number of anilines is 1. The van der Waals surface area contributed by atoms with Gasteiger partial charge in [0, 0.05) is 52.4 Å². The van der Waals surface area contributed by atoms with Crippen molar-refractivity contribution in [2.75, 3.05) is 32.1 Å². The van der Waals surface area contributed by atoms with Gasteiger partial charge in [-0.25, -0.2) is 4.98 Å². The number of amides is 1. The van der Waals surface area contributed by atoms with Crippen LogP contribution in [0.25, 0.3) is 0 Å².